The van der Waals surface area contributed by atoms with E-state index < -0.39 is 0 Å². The molecule has 0 aromatic carbocycles. The number of nitrogens with zero attached hydrogens (tertiary/aromatic N) is 2. The van der Waals surface area contributed by atoms with Gasteiger partial charge in [-0.05, 0) is 12.1 Å². The van der Waals surface area contributed by atoms with Crippen LogP contribution in [0.3, 0.4) is 0 Å². The number of aromatic nitrogens is 2. The second-order valence-corrected chi connectivity index (χ2v) is 3.94. The summed E-state index contributed by atoms with van der Waals surface area (Å²) in [5.74, 6) is 0.975. The van der Waals surface area contributed by atoms with Crippen molar-refractivity contribution in [3.8, 4) is 0 Å². The van der Waals surface area contributed by atoms with Crippen LogP contribution in [0.15, 0.2) is 29.0 Å². The van der Waals surface area contributed by atoms with Crippen molar-refractivity contribution in [3.63, 3.8) is 0 Å². The van der Waals surface area contributed by atoms with E-state index in [0.717, 1.165) is 29.9 Å². The van der Waals surface area contributed by atoms with E-state index in [0.29, 0.717) is 0 Å². The third-order valence-electron chi connectivity index (χ3n) is 2.70. The van der Waals surface area contributed by atoms with Gasteiger partial charge in [0.1, 0.15) is 5.76 Å². The molecule has 4 nitrogen and oxygen atoms in total. The van der Waals surface area contributed by atoms with E-state index in [1.165, 1.54) is 0 Å². The highest BCUT2D eigenvalue weighted by molar-refractivity contribution is 5.22. The first-order chi connectivity index (χ1) is 7.70. The van der Waals surface area contributed by atoms with E-state index >= 15 is 0 Å². The Labute approximate surface area is 95.1 Å². The zero-order valence-electron chi connectivity index (χ0n) is 9.68. The first kappa shape index (κ1) is 11.0. The molecule has 2 N–H and O–H groups in total. The summed E-state index contributed by atoms with van der Waals surface area (Å²) in [5.41, 5.74) is 8.25. The zero-order valence-corrected chi connectivity index (χ0v) is 9.68. The molecule has 2 aromatic heterocycles. The molecular weight excluding hydrogens is 202 g/mol. The van der Waals surface area contributed by atoms with E-state index in [2.05, 4.69) is 12.0 Å². The third-order valence-corrected chi connectivity index (χ3v) is 2.70. The molecule has 2 heterocycles. The van der Waals surface area contributed by atoms with Gasteiger partial charge in [-0.2, -0.15) is 5.10 Å². The number of rotatable bonds is 4. The predicted octanol–water partition coefficient (Wildman–Crippen LogP) is 1.82. The van der Waals surface area contributed by atoms with E-state index in [4.69, 9.17) is 10.2 Å². The highest BCUT2D eigenvalue weighted by Gasteiger charge is 2.14. The normalized spacial score (nSPS) is 12.9. The van der Waals surface area contributed by atoms with Crippen LogP contribution in [0.25, 0.3) is 0 Å². The Kier molecular flexibility index (Phi) is 3.10. The van der Waals surface area contributed by atoms with Crippen LogP contribution in [-0.4, -0.2) is 9.78 Å². The number of furan rings is 1. The molecule has 0 saturated carbocycles. The molecule has 1 unspecified atom stereocenters. The lowest BCUT2D eigenvalue weighted by atomic mass is 10.0. The largest absolute Gasteiger partial charge is 0.469 e. The van der Waals surface area contributed by atoms with Crippen molar-refractivity contribution in [2.24, 2.45) is 12.8 Å². The average Bonchev–Trinajstić information content (AvgIpc) is 2.86. The van der Waals surface area contributed by atoms with Gasteiger partial charge in [-0.15, -0.1) is 0 Å². The van der Waals surface area contributed by atoms with Crippen LogP contribution in [0.1, 0.15) is 30.0 Å². The van der Waals surface area contributed by atoms with Gasteiger partial charge < -0.3 is 10.2 Å². The Morgan fingerprint density at radius 1 is 1.50 bits per heavy atom. The Morgan fingerprint density at radius 3 is 2.94 bits per heavy atom. The van der Waals surface area contributed by atoms with E-state index in [-0.39, 0.29) is 6.04 Å². The minimum Gasteiger partial charge on any atom is -0.469 e. The topological polar surface area (TPSA) is 57.0 Å². The fourth-order valence-electron chi connectivity index (χ4n) is 1.88. The minimum absolute atomic E-state index is 0.0383. The summed E-state index contributed by atoms with van der Waals surface area (Å²) in [5, 5.41) is 4.32. The first-order valence-electron chi connectivity index (χ1n) is 5.51. The molecule has 0 aliphatic heterocycles. The molecule has 86 valence electrons. The number of hydrogen-bond donors (Lipinski definition) is 1. The van der Waals surface area contributed by atoms with Crippen LogP contribution >= 0.6 is 0 Å². The number of hydrogen-bond acceptors (Lipinski definition) is 3. The van der Waals surface area contributed by atoms with Crippen LogP contribution in [0.2, 0.25) is 0 Å². The lowest BCUT2D eigenvalue weighted by Gasteiger charge is -2.09. The van der Waals surface area contributed by atoms with E-state index in [1.54, 1.807) is 10.9 Å². The fourth-order valence-corrected chi connectivity index (χ4v) is 1.88. The zero-order chi connectivity index (χ0) is 11.5. The maximum absolute atomic E-state index is 6.15. The Hall–Kier alpha value is -1.55. The Bertz CT molecular complexity index is 458. The van der Waals surface area contributed by atoms with Gasteiger partial charge in [0.05, 0.1) is 12.0 Å². The van der Waals surface area contributed by atoms with Crippen LogP contribution in [0.4, 0.5) is 0 Å². The standard InChI is InChI=1S/C12H17N3O/c1-3-12-10(5-7-16-12)11(13)8-9-4-6-15(2)14-9/h4-7,11H,3,8,13H2,1-2H3. The Morgan fingerprint density at radius 2 is 2.31 bits per heavy atom. The molecular formula is C12H17N3O. The van der Waals surface area contributed by atoms with Crippen LogP contribution < -0.4 is 5.73 Å². The highest BCUT2D eigenvalue weighted by atomic mass is 16.3. The summed E-state index contributed by atoms with van der Waals surface area (Å²) in [4.78, 5) is 0. The molecule has 0 bridgehead atoms. The molecule has 0 spiro atoms. The van der Waals surface area contributed by atoms with Crippen molar-refractivity contribution in [2.75, 3.05) is 0 Å². The van der Waals surface area contributed by atoms with Crippen molar-refractivity contribution in [2.45, 2.75) is 25.8 Å². The third kappa shape index (κ3) is 2.17. The number of aryl methyl sites for hydroxylation is 2. The van der Waals surface area contributed by atoms with Gasteiger partial charge in [0.25, 0.3) is 0 Å². The summed E-state index contributed by atoms with van der Waals surface area (Å²) < 4.78 is 7.16. The number of nitrogens with two attached hydrogens (primary N) is 1. The van der Waals surface area contributed by atoms with Gasteiger partial charge in [0.2, 0.25) is 0 Å². The molecule has 0 fully saturated rings. The summed E-state index contributed by atoms with van der Waals surface area (Å²) in [6, 6.07) is 3.90. The molecule has 0 saturated heterocycles. The molecule has 0 amide bonds. The quantitative estimate of drug-likeness (QED) is 0.853. The van der Waals surface area contributed by atoms with Gasteiger partial charge in [-0.1, -0.05) is 6.92 Å². The molecule has 16 heavy (non-hydrogen) atoms. The summed E-state index contributed by atoms with van der Waals surface area (Å²) in [6.45, 7) is 2.07. The maximum atomic E-state index is 6.15. The molecule has 2 aromatic rings. The van der Waals surface area contributed by atoms with Gasteiger partial charge in [0, 0.05) is 37.7 Å². The minimum atomic E-state index is -0.0383. The van der Waals surface area contributed by atoms with Gasteiger partial charge in [0.15, 0.2) is 0 Å². The van der Waals surface area contributed by atoms with E-state index in [9.17, 15) is 0 Å². The molecule has 0 aliphatic carbocycles. The average molecular weight is 219 g/mol. The SMILES string of the molecule is CCc1occc1C(N)Cc1ccn(C)n1. The van der Waals surface area contributed by atoms with Crippen molar-refractivity contribution in [1.29, 1.82) is 0 Å². The molecule has 4 heteroatoms. The lowest BCUT2D eigenvalue weighted by molar-refractivity contribution is 0.504. The van der Waals surface area contributed by atoms with Gasteiger partial charge >= 0.3 is 0 Å². The van der Waals surface area contributed by atoms with Crippen molar-refractivity contribution in [3.05, 3.63) is 41.6 Å². The maximum Gasteiger partial charge on any atom is 0.108 e. The summed E-state index contributed by atoms with van der Waals surface area (Å²) in [6.07, 6.45) is 5.25. The molecule has 2 rings (SSSR count). The van der Waals surface area contributed by atoms with Gasteiger partial charge in [-0.25, -0.2) is 0 Å². The van der Waals surface area contributed by atoms with Crippen LogP contribution in [0, 0.1) is 0 Å². The highest BCUT2D eigenvalue weighted by Crippen LogP contribution is 2.20. The molecule has 0 radical (unpaired) electrons. The van der Waals surface area contributed by atoms with Crippen LogP contribution in [0.5, 0.6) is 0 Å². The lowest BCUT2D eigenvalue weighted by Crippen LogP contribution is -2.14. The van der Waals surface area contributed by atoms with Crippen molar-refractivity contribution >= 4 is 0 Å². The van der Waals surface area contributed by atoms with Crippen molar-refractivity contribution in [1.82, 2.24) is 9.78 Å². The second kappa shape index (κ2) is 4.53. The summed E-state index contributed by atoms with van der Waals surface area (Å²) >= 11 is 0. The van der Waals surface area contributed by atoms with Crippen molar-refractivity contribution < 1.29 is 4.42 Å². The predicted molar refractivity (Wildman–Crippen MR) is 61.9 cm³/mol. The smallest absolute Gasteiger partial charge is 0.108 e. The summed E-state index contributed by atoms with van der Waals surface area (Å²) in [7, 11) is 1.91. The Balaban J connectivity index is 2.11. The molecule has 0 aliphatic rings. The monoisotopic (exact) mass is 219 g/mol. The van der Waals surface area contributed by atoms with Gasteiger partial charge in [-0.3, -0.25) is 4.68 Å². The molecule has 1 atom stereocenters. The van der Waals surface area contributed by atoms with Crippen LogP contribution in [-0.2, 0) is 19.9 Å². The van der Waals surface area contributed by atoms with E-state index in [1.807, 2.05) is 25.4 Å². The first-order valence-corrected chi connectivity index (χ1v) is 5.51. The second-order valence-electron chi connectivity index (χ2n) is 3.94. The fraction of sp³-hybridized carbons (Fsp3) is 0.417.